The lowest BCUT2D eigenvalue weighted by Crippen LogP contribution is -2.03. The zero-order chi connectivity index (χ0) is 12.8. The number of aromatic amines is 1. The second kappa shape index (κ2) is 3.84. The van der Waals surface area contributed by atoms with Gasteiger partial charge in [-0.1, -0.05) is 0 Å². The van der Waals surface area contributed by atoms with Crippen molar-refractivity contribution >= 4 is 22.4 Å². The normalized spacial score (nSPS) is 12.2. The number of hydrogen-bond acceptors (Lipinski definition) is 2. The molecule has 3 heterocycles. The van der Waals surface area contributed by atoms with Crippen LogP contribution in [0.4, 0.5) is 13.2 Å². The predicted octanol–water partition coefficient (Wildman–Crippen LogP) is 4.31. The van der Waals surface area contributed by atoms with Gasteiger partial charge in [0.15, 0.2) is 0 Å². The molecule has 0 spiro atoms. The molecular weight excluding hydrogens is 261 g/mol. The summed E-state index contributed by atoms with van der Waals surface area (Å²) < 4.78 is 38.6. The highest BCUT2D eigenvalue weighted by Crippen LogP contribution is 2.42. The number of aromatic nitrogens is 2. The third kappa shape index (κ3) is 1.69. The maximum atomic E-state index is 12.9. The fourth-order valence-corrected chi connectivity index (χ4v) is 2.68. The molecule has 0 aromatic carbocycles. The molecule has 18 heavy (non-hydrogen) atoms. The molecule has 0 atom stereocenters. The topological polar surface area (TPSA) is 28.7 Å². The Morgan fingerprint density at radius 1 is 1.17 bits per heavy atom. The summed E-state index contributed by atoms with van der Waals surface area (Å²) in [6.45, 7) is 0. The zero-order valence-corrected chi connectivity index (χ0v) is 9.77. The fraction of sp³-hybridized carbons (Fsp3) is 0.0833. The molecule has 6 heteroatoms. The van der Waals surface area contributed by atoms with Crippen molar-refractivity contribution in [2.45, 2.75) is 6.18 Å². The van der Waals surface area contributed by atoms with E-state index in [2.05, 4.69) is 9.97 Å². The van der Waals surface area contributed by atoms with E-state index in [1.54, 1.807) is 24.5 Å². The summed E-state index contributed by atoms with van der Waals surface area (Å²) in [6.07, 6.45) is -1.20. The Hall–Kier alpha value is -1.82. The predicted molar refractivity (Wildman–Crippen MR) is 64.4 cm³/mol. The van der Waals surface area contributed by atoms with Crippen LogP contribution in [0.2, 0.25) is 0 Å². The second-order valence-electron chi connectivity index (χ2n) is 3.76. The van der Waals surface area contributed by atoms with Gasteiger partial charge in [0.25, 0.3) is 0 Å². The molecule has 0 amide bonds. The van der Waals surface area contributed by atoms with E-state index >= 15 is 0 Å². The summed E-state index contributed by atoms with van der Waals surface area (Å²) in [6, 6.07) is 5.00. The number of alkyl halides is 3. The molecule has 0 radical (unpaired) electrons. The van der Waals surface area contributed by atoms with Crippen LogP contribution in [0.5, 0.6) is 0 Å². The van der Waals surface area contributed by atoms with E-state index in [-0.39, 0.29) is 5.56 Å². The van der Waals surface area contributed by atoms with E-state index in [4.69, 9.17) is 0 Å². The molecule has 2 nitrogen and oxygen atoms in total. The van der Waals surface area contributed by atoms with Crippen LogP contribution in [-0.4, -0.2) is 9.97 Å². The quantitative estimate of drug-likeness (QED) is 0.700. The molecule has 0 fully saturated rings. The molecule has 3 aromatic heterocycles. The summed E-state index contributed by atoms with van der Waals surface area (Å²) in [5.74, 6) is 0. The van der Waals surface area contributed by atoms with Crippen LogP contribution in [0.15, 0.2) is 36.0 Å². The molecule has 0 saturated carbocycles. The first-order chi connectivity index (χ1) is 8.57. The average molecular weight is 268 g/mol. The number of pyridine rings is 1. The molecule has 1 N–H and O–H groups in total. The van der Waals surface area contributed by atoms with Crippen LogP contribution in [0.25, 0.3) is 22.2 Å². The summed E-state index contributed by atoms with van der Waals surface area (Å²) >= 11 is 0.697. The van der Waals surface area contributed by atoms with Crippen LogP contribution in [-0.2, 0) is 6.18 Å². The number of nitrogens with one attached hydrogen (secondary N) is 1. The van der Waals surface area contributed by atoms with Gasteiger partial charge in [0.2, 0.25) is 0 Å². The first-order valence-electron chi connectivity index (χ1n) is 5.14. The van der Waals surface area contributed by atoms with Crippen LogP contribution in [0.1, 0.15) is 4.88 Å². The van der Waals surface area contributed by atoms with Gasteiger partial charge in [0, 0.05) is 23.5 Å². The zero-order valence-electron chi connectivity index (χ0n) is 8.95. The number of rotatable bonds is 1. The Kier molecular flexibility index (Phi) is 2.41. The maximum Gasteiger partial charge on any atom is 0.426 e. The Morgan fingerprint density at radius 3 is 2.78 bits per heavy atom. The molecular formula is C12H7F3N2S. The summed E-state index contributed by atoms with van der Waals surface area (Å²) in [5, 5.41) is 1.44. The monoisotopic (exact) mass is 268 g/mol. The standard InChI is InChI=1S/C12H7F3N2S/c13-12(14,15)11-7(3-5-18-11)8-6-17-9-2-1-4-16-10(8)9/h1-6,17H. The Labute approximate surface area is 104 Å². The van der Waals surface area contributed by atoms with Crippen LogP contribution >= 0.6 is 11.3 Å². The van der Waals surface area contributed by atoms with Gasteiger partial charge in [0.1, 0.15) is 4.88 Å². The minimum atomic E-state index is -4.33. The number of fused-ring (bicyclic) bond motifs is 1. The Balaban J connectivity index is 2.25. The highest BCUT2D eigenvalue weighted by molar-refractivity contribution is 7.10. The molecule has 0 unspecified atom stereocenters. The highest BCUT2D eigenvalue weighted by Gasteiger charge is 2.35. The molecule has 0 aliphatic heterocycles. The van der Waals surface area contributed by atoms with Gasteiger partial charge < -0.3 is 4.98 Å². The van der Waals surface area contributed by atoms with Crippen molar-refractivity contribution < 1.29 is 13.2 Å². The minimum absolute atomic E-state index is 0.178. The van der Waals surface area contributed by atoms with Gasteiger partial charge in [-0.2, -0.15) is 13.2 Å². The van der Waals surface area contributed by atoms with Crippen molar-refractivity contribution in [3.8, 4) is 11.1 Å². The van der Waals surface area contributed by atoms with E-state index < -0.39 is 11.1 Å². The van der Waals surface area contributed by atoms with Gasteiger partial charge in [-0.25, -0.2) is 0 Å². The van der Waals surface area contributed by atoms with Crippen molar-refractivity contribution in [2.24, 2.45) is 0 Å². The lowest BCUT2D eigenvalue weighted by Gasteiger charge is -2.06. The number of thiophene rings is 1. The lowest BCUT2D eigenvalue weighted by atomic mass is 10.1. The van der Waals surface area contributed by atoms with Crippen molar-refractivity contribution in [2.75, 3.05) is 0 Å². The fourth-order valence-electron chi connectivity index (χ4n) is 1.90. The molecule has 0 aliphatic rings. The molecule has 3 aromatic rings. The first-order valence-corrected chi connectivity index (χ1v) is 6.02. The smallest absolute Gasteiger partial charge is 0.359 e. The molecule has 0 bridgehead atoms. The van der Waals surface area contributed by atoms with Crippen LogP contribution in [0, 0.1) is 0 Å². The SMILES string of the molecule is FC(F)(F)c1sccc1-c1c[nH]c2cccnc12. The van der Waals surface area contributed by atoms with Crippen molar-refractivity contribution in [3.63, 3.8) is 0 Å². The number of H-pyrrole nitrogens is 1. The van der Waals surface area contributed by atoms with Crippen molar-refractivity contribution in [3.05, 3.63) is 40.8 Å². The van der Waals surface area contributed by atoms with Crippen LogP contribution in [0.3, 0.4) is 0 Å². The lowest BCUT2D eigenvalue weighted by molar-refractivity contribution is -0.133. The summed E-state index contributed by atoms with van der Waals surface area (Å²) in [4.78, 5) is 6.47. The van der Waals surface area contributed by atoms with Gasteiger partial charge in [-0.05, 0) is 23.6 Å². The van der Waals surface area contributed by atoms with Gasteiger partial charge in [0.05, 0.1) is 11.0 Å². The second-order valence-corrected chi connectivity index (χ2v) is 4.68. The molecule has 0 saturated heterocycles. The third-order valence-corrected chi connectivity index (χ3v) is 3.61. The number of nitrogens with zero attached hydrogens (tertiary/aromatic N) is 1. The third-order valence-electron chi connectivity index (χ3n) is 2.65. The van der Waals surface area contributed by atoms with E-state index in [9.17, 15) is 13.2 Å². The maximum absolute atomic E-state index is 12.9. The molecule has 3 rings (SSSR count). The largest absolute Gasteiger partial charge is 0.426 e. The van der Waals surface area contributed by atoms with E-state index in [1.165, 1.54) is 11.4 Å². The van der Waals surface area contributed by atoms with Gasteiger partial charge in [-0.3, -0.25) is 4.98 Å². The van der Waals surface area contributed by atoms with Gasteiger partial charge in [-0.15, -0.1) is 11.3 Å². The minimum Gasteiger partial charge on any atom is -0.359 e. The van der Waals surface area contributed by atoms with Crippen molar-refractivity contribution in [1.29, 1.82) is 0 Å². The average Bonchev–Trinajstić information content (AvgIpc) is 2.93. The summed E-state index contributed by atoms with van der Waals surface area (Å²) in [7, 11) is 0. The highest BCUT2D eigenvalue weighted by atomic mass is 32.1. The van der Waals surface area contributed by atoms with Gasteiger partial charge >= 0.3 is 6.18 Å². The van der Waals surface area contributed by atoms with E-state index in [1.807, 2.05) is 0 Å². The van der Waals surface area contributed by atoms with Crippen molar-refractivity contribution in [1.82, 2.24) is 9.97 Å². The molecule has 0 aliphatic carbocycles. The van der Waals surface area contributed by atoms with Crippen LogP contribution < -0.4 is 0 Å². The Morgan fingerprint density at radius 2 is 2.00 bits per heavy atom. The van der Waals surface area contributed by atoms with E-state index in [0.717, 1.165) is 5.52 Å². The summed E-state index contributed by atoms with van der Waals surface area (Å²) in [5.41, 5.74) is 1.95. The Bertz CT molecular complexity index is 696. The first kappa shape index (κ1) is 11.3. The van der Waals surface area contributed by atoms with E-state index in [0.29, 0.717) is 22.4 Å². The molecule has 92 valence electrons. The number of halogens is 3. The number of hydrogen-bond donors (Lipinski definition) is 1.